The number of alkyl halides is 1. The Labute approximate surface area is 145 Å². The standard InChI is InChI=1S/C17H21BrCl2O/c1-17(12-4-2-3-5-12)9-11-8-14(21-7-6-18)16(20)15(19)13(11)10-17/h8,12H,2-7,9-10H2,1H3. The van der Waals surface area contributed by atoms with Crippen molar-refractivity contribution >= 4 is 39.1 Å². The van der Waals surface area contributed by atoms with Crippen molar-refractivity contribution in [2.45, 2.75) is 45.4 Å². The molecule has 0 aromatic heterocycles. The van der Waals surface area contributed by atoms with Crippen LogP contribution in [0.4, 0.5) is 0 Å². The lowest BCUT2D eigenvalue weighted by Gasteiger charge is -2.31. The van der Waals surface area contributed by atoms with E-state index in [0.29, 0.717) is 22.1 Å². The van der Waals surface area contributed by atoms with Crippen molar-refractivity contribution < 1.29 is 4.74 Å². The van der Waals surface area contributed by atoms with Gasteiger partial charge in [0.15, 0.2) is 0 Å². The fourth-order valence-corrected chi connectivity index (χ4v) is 4.77. The first-order valence-corrected chi connectivity index (χ1v) is 9.61. The first-order valence-electron chi connectivity index (χ1n) is 7.73. The van der Waals surface area contributed by atoms with Gasteiger partial charge in [-0.05, 0) is 54.2 Å². The molecular formula is C17H21BrCl2O. The molecule has 0 radical (unpaired) electrons. The highest BCUT2D eigenvalue weighted by Gasteiger charge is 2.42. The third-order valence-corrected chi connectivity index (χ3v) is 6.43. The Balaban J connectivity index is 1.90. The van der Waals surface area contributed by atoms with Gasteiger partial charge >= 0.3 is 0 Å². The summed E-state index contributed by atoms with van der Waals surface area (Å²) in [4.78, 5) is 0. The molecule has 0 N–H and O–H groups in total. The van der Waals surface area contributed by atoms with Crippen LogP contribution in [0.25, 0.3) is 0 Å². The molecule has 0 spiro atoms. The SMILES string of the molecule is CC1(C2CCCC2)Cc2cc(OCCBr)c(Cl)c(Cl)c2C1. The third-order valence-electron chi connectivity index (χ3n) is 5.22. The Hall–Kier alpha value is 0.0800. The summed E-state index contributed by atoms with van der Waals surface area (Å²) >= 11 is 16.3. The van der Waals surface area contributed by atoms with E-state index >= 15 is 0 Å². The molecule has 1 fully saturated rings. The second kappa shape index (κ2) is 6.29. The largest absolute Gasteiger partial charge is 0.491 e. The summed E-state index contributed by atoms with van der Waals surface area (Å²) in [6.07, 6.45) is 7.65. The van der Waals surface area contributed by atoms with Crippen LogP contribution in [0.2, 0.25) is 10.0 Å². The molecule has 4 heteroatoms. The lowest BCUT2D eigenvalue weighted by Crippen LogP contribution is -2.26. The first kappa shape index (κ1) is 16.0. The molecule has 1 unspecified atom stereocenters. The average Bonchev–Trinajstić information content (AvgIpc) is 3.09. The summed E-state index contributed by atoms with van der Waals surface area (Å²) in [6, 6.07) is 2.12. The van der Waals surface area contributed by atoms with Gasteiger partial charge in [0.25, 0.3) is 0 Å². The van der Waals surface area contributed by atoms with E-state index in [4.69, 9.17) is 27.9 Å². The number of benzene rings is 1. The van der Waals surface area contributed by atoms with Gasteiger partial charge in [-0.2, -0.15) is 0 Å². The minimum Gasteiger partial charge on any atom is -0.491 e. The highest BCUT2D eigenvalue weighted by atomic mass is 79.9. The highest BCUT2D eigenvalue weighted by molar-refractivity contribution is 9.09. The summed E-state index contributed by atoms with van der Waals surface area (Å²) in [5.41, 5.74) is 2.94. The molecule has 0 amide bonds. The van der Waals surface area contributed by atoms with E-state index in [0.717, 1.165) is 29.8 Å². The number of hydrogen-bond acceptors (Lipinski definition) is 1. The molecule has 116 valence electrons. The summed E-state index contributed by atoms with van der Waals surface area (Å²) in [5, 5.41) is 2.07. The van der Waals surface area contributed by atoms with E-state index in [1.165, 1.54) is 36.8 Å². The molecule has 0 heterocycles. The highest BCUT2D eigenvalue weighted by Crippen LogP contribution is 2.52. The van der Waals surface area contributed by atoms with Gasteiger partial charge < -0.3 is 4.74 Å². The lowest BCUT2D eigenvalue weighted by atomic mass is 9.74. The predicted molar refractivity (Wildman–Crippen MR) is 93.2 cm³/mol. The van der Waals surface area contributed by atoms with Crippen LogP contribution in [0.15, 0.2) is 6.07 Å². The average molecular weight is 392 g/mol. The van der Waals surface area contributed by atoms with Crippen LogP contribution >= 0.6 is 39.1 Å². The van der Waals surface area contributed by atoms with Crippen LogP contribution in [0.3, 0.4) is 0 Å². The normalized spacial score (nSPS) is 25.3. The van der Waals surface area contributed by atoms with E-state index in [2.05, 4.69) is 28.9 Å². The van der Waals surface area contributed by atoms with E-state index in [-0.39, 0.29) is 0 Å². The molecule has 1 aromatic carbocycles. The van der Waals surface area contributed by atoms with Crippen molar-refractivity contribution in [3.05, 3.63) is 27.2 Å². The fraction of sp³-hybridized carbons (Fsp3) is 0.647. The first-order chi connectivity index (χ1) is 10.0. The molecule has 21 heavy (non-hydrogen) atoms. The Kier molecular flexibility index (Phi) is 4.78. The number of fused-ring (bicyclic) bond motifs is 1. The number of halogens is 3. The van der Waals surface area contributed by atoms with E-state index in [9.17, 15) is 0 Å². The van der Waals surface area contributed by atoms with Crippen molar-refractivity contribution in [3.8, 4) is 5.75 Å². The van der Waals surface area contributed by atoms with Crippen LogP contribution in [0.5, 0.6) is 5.75 Å². The number of hydrogen-bond donors (Lipinski definition) is 0. The van der Waals surface area contributed by atoms with Gasteiger partial charge in [0.1, 0.15) is 10.8 Å². The molecule has 2 aliphatic rings. The second-order valence-electron chi connectivity index (χ2n) is 6.67. The Morgan fingerprint density at radius 1 is 1.24 bits per heavy atom. The maximum atomic E-state index is 6.53. The molecule has 1 saturated carbocycles. The van der Waals surface area contributed by atoms with Crippen molar-refractivity contribution in [3.63, 3.8) is 0 Å². The minimum absolute atomic E-state index is 0.347. The van der Waals surface area contributed by atoms with Crippen molar-refractivity contribution in [1.82, 2.24) is 0 Å². The van der Waals surface area contributed by atoms with Gasteiger partial charge in [0, 0.05) is 5.33 Å². The molecule has 0 aliphatic heterocycles. The second-order valence-corrected chi connectivity index (χ2v) is 8.22. The predicted octanol–water partition coefficient (Wildman–Crippen LogP) is 6.06. The van der Waals surface area contributed by atoms with Crippen LogP contribution in [-0.2, 0) is 12.8 Å². The van der Waals surface area contributed by atoms with Gasteiger partial charge in [-0.15, -0.1) is 0 Å². The van der Waals surface area contributed by atoms with E-state index in [1.807, 2.05) is 0 Å². The van der Waals surface area contributed by atoms with Gasteiger partial charge in [-0.25, -0.2) is 0 Å². The zero-order valence-corrected chi connectivity index (χ0v) is 15.5. The van der Waals surface area contributed by atoms with Gasteiger partial charge in [-0.1, -0.05) is 58.9 Å². The summed E-state index contributed by atoms with van der Waals surface area (Å²) in [5.74, 6) is 1.56. The maximum Gasteiger partial charge on any atom is 0.139 e. The van der Waals surface area contributed by atoms with E-state index < -0.39 is 0 Å². The number of ether oxygens (including phenoxy) is 1. The van der Waals surface area contributed by atoms with Crippen molar-refractivity contribution in [2.24, 2.45) is 11.3 Å². The van der Waals surface area contributed by atoms with Gasteiger partial charge in [0.2, 0.25) is 0 Å². The summed E-state index contributed by atoms with van der Waals surface area (Å²) < 4.78 is 5.72. The van der Waals surface area contributed by atoms with Crippen LogP contribution in [0, 0.1) is 11.3 Å². The summed E-state index contributed by atoms with van der Waals surface area (Å²) in [7, 11) is 0. The molecule has 0 bridgehead atoms. The van der Waals surface area contributed by atoms with Crippen molar-refractivity contribution in [2.75, 3.05) is 11.9 Å². The van der Waals surface area contributed by atoms with Gasteiger partial charge in [0.05, 0.1) is 11.6 Å². The Morgan fingerprint density at radius 2 is 1.95 bits per heavy atom. The van der Waals surface area contributed by atoms with Crippen LogP contribution < -0.4 is 4.74 Å². The minimum atomic E-state index is 0.347. The number of rotatable bonds is 4. The van der Waals surface area contributed by atoms with Crippen molar-refractivity contribution in [1.29, 1.82) is 0 Å². The van der Waals surface area contributed by atoms with Gasteiger partial charge in [-0.3, -0.25) is 0 Å². The topological polar surface area (TPSA) is 9.23 Å². The monoisotopic (exact) mass is 390 g/mol. The maximum absolute atomic E-state index is 6.53. The molecule has 3 rings (SSSR count). The quantitative estimate of drug-likeness (QED) is 0.566. The molecule has 1 atom stereocenters. The third kappa shape index (κ3) is 2.96. The summed E-state index contributed by atoms with van der Waals surface area (Å²) in [6.45, 7) is 3.03. The molecule has 1 nitrogen and oxygen atoms in total. The zero-order chi connectivity index (χ0) is 15.0. The Morgan fingerprint density at radius 3 is 2.62 bits per heavy atom. The molecular weight excluding hydrogens is 371 g/mol. The smallest absolute Gasteiger partial charge is 0.139 e. The van der Waals surface area contributed by atoms with Crippen LogP contribution in [0.1, 0.15) is 43.7 Å². The Bertz CT molecular complexity index is 540. The molecule has 2 aliphatic carbocycles. The fourth-order valence-electron chi connectivity index (χ4n) is 4.11. The molecule has 1 aromatic rings. The molecule has 0 saturated heterocycles. The zero-order valence-electron chi connectivity index (χ0n) is 12.4. The van der Waals surface area contributed by atoms with E-state index in [1.54, 1.807) is 0 Å². The van der Waals surface area contributed by atoms with Crippen LogP contribution in [-0.4, -0.2) is 11.9 Å². The lowest BCUT2D eigenvalue weighted by molar-refractivity contribution is 0.203.